The minimum Gasteiger partial charge on any atom is -0.310 e. The predicted molar refractivity (Wildman–Crippen MR) is 71.4 cm³/mol. The van der Waals surface area contributed by atoms with Gasteiger partial charge in [-0.1, -0.05) is 6.92 Å². The molecule has 0 saturated carbocycles. The van der Waals surface area contributed by atoms with E-state index in [2.05, 4.69) is 5.32 Å². The second kappa shape index (κ2) is 5.59. The Bertz CT molecular complexity index is 472. The molecule has 0 aliphatic rings. The number of rotatable bonds is 5. The Kier molecular flexibility index (Phi) is 4.29. The molecule has 1 unspecified atom stereocenters. The van der Waals surface area contributed by atoms with Crippen molar-refractivity contribution in [2.24, 2.45) is 0 Å². The van der Waals surface area contributed by atoms with Gasteiger partial charge in [-0.15, -0.1) is 22.7 Å². The van der Waals surface area contributed by atoms with Crippen LogP contribution in [0.15, 0.2) is 17.5 Å². The van der Waals surface area contributed by atoms with Gasteiger partial charge in [0.15, 0.2) is 0 Å². The number of fused-ring (bicyclic) bond motifs is 1. The normalized spacial score (nSPS) is 14.2. The summed E-state index contributed by atoms with van der Waals surface area (Å²) in [6.07, 6.45) is -4.72. The van der Waals surface area contributed by atoms with E-state index in [1.165, 1.54) is 0 Å². The molecule has 100 valence electrons. The highest BCUT2D eigenvalue weighted by molar-refractivity contribution is 7.26. The van der Waals surface area contributed by atoms with E-state index in [4.69, 9.17) is 0 Å². The molecule has 0 fully saturated rings. The molecule has 0 aliphatic heterocycles. The van der Waals surface area contributed by atoms with Crippen molar-refractivity contribution in [3.05, 3.63) is 22.4 Å². The lowest BCUT2D eigenvalue weighted by Crippen LogP contribution is -2.22. The van der Waals surface area contributed by atoms with E-state index in [9.17, 15) is 13.2 Å². The highest BCUT2D eigenvalue weighted by Gasteiger charge is 2.29. The molecule has 18 heavy (non-hydrogen) atoms. The first-order chi connectivity index (χ1) is 8.49. The summed E-state index contributed by atoms with van der Waals surface area (Å²) < 4.78 is 39.2. The predicted octanol–water partition coefficient (Wildman–Crippen LogP) is 4.96. The van der Waals surface area contributed by atoms with Gasteiger partial charge in [0, 0.05) is 26.7 Å². The summed E-state index contributed by atoms with van der Waals surface area (Å²) in [4.78, 5) is 1.00. The van der Waals surface area contributed by atoms with Gasteiger partial charge in [-0.25, -0.2) is 0 Å². The van der Waals surface area contributed by atoms with E-state index in [-0.39, 0.29) is 12.5 Å². The second-order valence-electron chi connectivity index (χ2n) is 4.06. The van der Waals surface area contributed by atoms with Crippen molar-refractivity contribution in [3.8, 4) is 0 Å². The van der Waals surface area contributed by atoms with E-state index < -0.39 is 12.6 Å². The maximum Gasteiger partial charge on any atom is 0.389 e. The second-order valence-corrected chi connectivity index (χ2v) is 6.13. The quantitative estimate of drug-likeness (QED) is 0.822. The highest BCUT2D eigenvalue weighted by Crippen LogP contribution is 2.36. The summed E-state index contributed by atoms with van der Waals surface area (Å²) in [5.41, 5.74) is 0. The van der Waals surface area contributed by atoms with Crippen LogP contribution in [0.2, 0.25) is 0 Å². The molecule has 1 atom stereocenters. The summed E-state index contributed by atoms with van der Waals surface area (Å²) in [5.74, 6) is 0. The first-order valence-electron chi connectivity index (χ1n) is 5.76. The van der Waals surface area contributed by atoms with Gasteiger partial charge in [0.1, 0.15) is 0 Å². The molecule has 2 rings (SSSR count). The van der Waals surface area contributed by atoms with E-state index in [1.54, 1.807) is 22.7 Å². The van der Waals surface area contributed by atoms with Gasteiger partial charge in [0.25, 0.3) is 0 Å². The SMILES string of the molecule is CCNC(CCC(F)(F)F)c1cc2sccc2s1. The van der Waals surface area contributed by atoms with Gasteiger partial charge < -0.3 is 5.32 Å². The van der Waals surface area contributed by atoms with Gasteiger partial charge in [0.05, 0.1) is 0 Å². The molecular weight excluding hydrogens is 279 g/mol. The van der Waals surface area contributed by atoms with E-state index in [0.29, 0.717) is 6.54 Å². The van der Waals surface area contributed by atoms with Crippen molar-refractivity contribution in [1.82, 2.24) is 5.32 Å². The zero-order chi connectivity index (χ0) is 13.2. The van der Waals surface area contributed by atoms with Crippen molar-refractivity contribution < 1.29 is 13.2 Å². The molecule has 0 aliphatic carbocycles. The van der Waals surface area contributed by atoms with Gasteiger partial charge >= 0.3 is 6.18 Å². The Morgan fingerprint density at radius 1 is 1.33 bits per heavy atom. The number of hydrogen-bond donors (Lipinski definition) is 1. The standard InChI is InChI=1S/C12H14F3NS2/c1-2-16-8(3-5-12(13,14)15)10-7-11-9(18-10)4-6-17-11/h4,6-8,16H,2-3,5H2,1H3. The Labute approximate surface area is 112 Å². The number of alkyl halides is 3. The number of halogens is 3. The molecule has 0 spiro atoms. The molecule has 0 bridgehead atoms. The smallest absolute Gasteiger partial charge is 0.310 e. The van der Waals surface area contributed by atoms with Crippen LogP contribution in [0.5, 0.6) is 0 Å². The third-order valence-electron chi connectivity index (χ3n) is 2.67. The largest absolute Gasteiger partial charge is 0.389 e. The monoisotopic (exact) mass is 293 g/mol. The Hall–Kier alpha value is -0.590. The summed E-state index contributed by atoms with van der Waals surface area (Å²) in [7, 11) is 0. The number of nitrogens with one attached hydrogen (secondary N) is 1. The van der Waals surface area contributed by atoms with Crippen LogP contribution in [0.25, 0.3) is 9.40 Å². The molecule has 1 N–H and O–H groups in total. The molecule has 0 saturated heterocycles. The third-order valence-corrected chi connectivity index (χ3v) is 4.88. The molecule has 2 aromatic rings. The van der Waals surface area contributed by atoms with Gasteiger partial charge in [-0.3, -0.25) is 0 Å². The number of hydrogen-bond acceptors (Lipinski definition) is 3. The average Bonchev–Trinajstić information content (AvgIpc) is 2.82. The van der Waals surface area contributed by atoms with Gasteiger partial charge in [-0.05, 0) is 30.5 Å². The minimum atomic E-state index is -4.08. The van der Waals surface area contributed by atoms with Crippen molar-refractivity contribution in [2.75, 3.05) is 6.54 Å². The summed E-state index contributed by atoms with van der Waals surface area (Å²) in [6.45, 7) is 2.59. The number of thiophene rings is 2. The first kappa shape index (κ1) is 13.8. The van der Waals surface area contributed by atoms with Crippen molar-refractivity contribution in [2.45, 2.75) is 32.0 Å². The van der Waals surface area contributed by atoms with Crippen LogP contribution >= 0.6 is 22.7 Å². The van der Waals surface area contributed by atoms with E-state index in [0.717, 1.165) is 14.3 Å². The zero-order valence-corrected chi connectivity index (χ0v) is 11.5. The summed E-state index contributed by atoms with van der Waals surface area (Å²) >= 11 is 3.21. The average molecular weight is 293 g/mol. The summed E-state index contributed by atoms with van der Waals surface area (Å²) in [6, 6.07) is 3.83. The van der Waals surface area contributed by atoms with Crippen LogP contribution in [0.4, 0.5) is 13.2 Å². The molecule has 0 radical (unpaired) electrons. The van der Waals surface area contributed by atoms with Crippen LogP contribution in [-0.4, -0.2) is 12.7 Å². The fourth-order valence-electron chi connectivity index (χ4n) is 1.86. The first-order valence-corrected chi connectivity index (χ1v) is 7.46. The molecule has 6 heteroatoms. The Morgan fingerprint density at radius 3 is 2.72 bits per heavy atom. The lowest BCUT2D eigenvalue weighted by atomic mass is 10.1. The van der Waals surface area contributed by atoms with Crippen LogP contribution < -0.4 is 5.32 Å². The van der Waals surface area contributed by atoms with Crippen LogP contribution in [-0.2, 0) is 0 Å². The topological polar surface area (TPSA) is 12.0 Å². The van der Waals surface area contributed by atoms with Crippen molar-refractivity contribution >= 4 is 32.1 Å². The van der Waals surface area contributed by atoms with E-state index >= 15 is 0 Å². The molecular formula is C12H14F3NS2. The van der Waals surface area contributed by atoms with E-state index in [1.807, 2.05) is 24.4 Å². The third kappa shape index (κ3) is 3.46. The Balaban J connectivity index is 2.11. The fourth-order valence-corrected chi connectivity index (χ4v) is 4.09. The molecule has 0 amide bonds. The molecule has 2 heterocycles. The van der Waals surface area contributed by atoms with Crippen molar-refractivity contribution in [1.29, 1.82) is 0 Å². The lowest BCUT2D eigenvalue weighted by Gasteiger charge is -2.17. The van der Waals surface area contributed by atoms with Crippen LogP contribution in [0.3, 0.4) is 0 Å². The summed E-state index contributed by atoms with van der Waals surface area (Å²) in [5, 5.41) is 5.14. The minimum absolute atomic E-state index is 0.102. The highest BCUT2D eigenvalue weighted by atomic mass is 32.1. The van der Waals surface area contributed by atoms with Gasteiger partial charge in [0.2, 0.25) is 0 Å². The Morgan fingerprint density at radius 2 is 2.11 bits per heavy atom. The molecule has 0 aromatic carbocycles. The van der Waals surface area contributed by atoms with Crippen LogP contribution in [0, 0.1) is 0 Å². The zero-order valence-electron chi connectivity index (χ0n) is 9.88. The van der Waals surface area contributed by atoms with Crippen LogP contribution in [0.1, 0.15) is 30.7 Å². The van der Waals surface area contributed by atoms with Crippen molar-refractivity contribution in [3.63, 3.8) is 0 Å². The molecule has 2 aromatic heterocycles. The lowest BCUT2D eigenvalue weighted by molar-refractivity contribution is -0.136. The fraction of sp³-hybridized carbons (Fsp3) is 0.500. The molecule has 1 nitrogen and oxygen atoms in total. The maximum absolute atomic E-state index is 12.3. The maximum atomic E-state index is 12.3. The van der Waals surface area contributed by atoms with Gasteiger partial charge in [-0.2, -0.15) is 13.2 Å².